The Bertz CT molecular complexity index is 274. The molecule has 0 bridgehead atoms. The zero-order valence-corrected chi connectivity index (χ0v) is 8.00. The zero-order chi connectivity index (χ0) is 9.03. The molecule has 12 heavy (non-hydrogen) atoms. The van der Waals surface area contributed by atoms with Gasteiger partial charge in [0.2, 0.25) is 0 Å². The standard InChI is InChI=1S/C9H13O2P/c1-2-12(11,8-10)9-6-4-3-5-7-9/h3-7,10H,2,8H2,1H3. The number of rotatable bonds is 3. The number of hydrogen-bond donors (Lipinski definition) is 1. The van der Waals surface area contributed by atoms with Crippen molar-refractivity contribution in [1.29, 1.82) is 0 Å². The van der Waals surface area contributed by atoms with Crippen molar-refractivity contribution in [2.45, 2.75) is 6.92 Å². The largest absolute Gasteiger partial charge is 0.388 e. The molecular formula is C9H13O2P. The predicted octanol–water partition coefficient (Wildman–Crippen LogP) is 1.64. The van der Waals surface area contributed by atoms with E-state index in [0.717, 1.165) is 5.30 Å². The van der Waals surface area contributed by atoms with Crippen LogP contribution in [0.5, 0.6) is 0 Å². The molecule has 0 aliphatic heterocycles. The summed E-state index contributed by atoms with van der Waals surface area (Å²) in [6, 6.07) is 9.17. The Morgan fingerprint density at radius 3 is 2.33 bits per heavy atom. The first kappa shape index (κ1) is 9.50. The fourth-order valence-corrected chi connectivity index (χ4v) is 2.51. The molecule has 0 saturated carbocycles. The second-order valence-electron chi connectivity index (χ2n) is 2.68. The number of benzene rings is 1. The second kappa shape index (κ2) is 3.88. The lowest BCUT2D eigenvalue weighted by atomic mass is 10.4. The minimum absolute atomic E-state index is 0.229. The maximum absolute atomic E-state index is 11.9. The van der Waals surface area contributed by atoms with E-state index in [4.69, 9.17) is 5.11 Å². The van der Waals surface area contributed by atoms with Crippen molar-refractivity contribution in [3.8, 4) is 0 Å². The maximum atomic E-state index is 11.9. The molecule has 3 heteroatoms. The second-order valence-corrected chi connectivity index (χ2v) is 5.89. The maximum Gasteiger partial charge on any atom is 0.139 e. The molecule has 0 radical (unpaired) electrons. The highest BCUT2D eigenvalue weighted by atomic mass is 31.2. The fourth-order valence-electron chi connectivity index (χ4n) is 1.06. The lowest BCUT2D eigenvalue weighted by Crippen LogP contribution is -2.08. The Labute approximate surface area is 72.6 Å². The summed E-state index contributed by atoms with van der Waals surface area (Å²) in [5.74, 6) is 0. The Hall–Kier alpha value is -0.590. The van der Waals surface area contributed by atoms with E-state index in [1.807, 2.05) is 25.1 Å². The number of hydrogen-bond acceptors (Lipinski definition) is 2. The molecule has 66 valence electrons. The first-order valence-electron chi connectivity index (χ1n) is 3.97. The van der Waals surface area contributed by atoms with Crippen LogP contribution in [-0.2, 0) is 4.57 Å². The van der Waals surface area contributed by atoms with Gasteiger partial charge in [0.25, 0.3) is 0 Å². The van der Waals surface area contributed by atoms with Crippen molar-refractivity contribution < 1.29 is 9.67 Å². The van der Waals surface area contributed by atoms with Crippen LogP contribution in [-0.4, -0.2) is 17.6 Å². The van der Waals surface area contributed by atoms with Gasteiger partial charge in [0, 0.05) is 11.5 Å². The Kier molecular flexibility index (Phi) is 3.07. The van der Waals surface area contributed by atoms with Crippen LogP contribution in [0.4, 0.5) is 0 Å². The van der Waals surface area contributed by atoms with Crippen LogP contribution < -0.4 is 5.30 Å². The molecule has 1 N–H and O–H groups in total. The Morgan fingerprint density at radius 2 is 1.92 bits per heavy atom. The molecule has 2 nitrogen and oxygen atoms in total. The van der Waals surface area contributed by atoms with E-state index in [2.05, 4.69) is 0 Å². The van der Waals surface area contributed by atoms with Crippen LogP contribution in [0.3, 0.4) is 0 Å². The zero-order valence-electron chi connectivity index (χ0n) is 7.10. The van der Waals surface area contributed by atoms with Crippen LogP contribution in [0.15, 0.2) is 30.3 Å². The summed E-state index contributed by atoms with van der Waals surface area (Å²) in [5.41, 5.74) is 0. The Balaban J connectivity index is 3.04. The van der Waals surface area contributed by atoms with Gasteiger partial charge in [0.1, 0.15) is 13.5 Å². The molecule has 1 aromatic carbocycles. The minimum Gasteiger partial charge on any atom is -0.388 e. The molecule has 0 aliphatic rings. The molecule has 0 aromatic heterocycles. The van der Waals surface area contributed by atoms with E-state index in [-0.39, 0.29) is 6.35 Å². The predicted molar refractivity (Wildman–Crippen MR) is 51.3 cm³/mol. The lowest BCUT2D eigenvalue weighted by molar-refractivity contribution is 0.360. The third-order valence-electron chi connectivity index (χ3n) is 1.97. The highest BCUT2D eigenvalue weighted by Crippen LogP contribution is 2.42. The van der Waals surface area contributed by atoms with Crippen LogP contribution in [0.1, 0.15) is 6.92 Å². The normalized spacial score (nSPS) is 15.5. The molecule has 1 aromatic rings. The summed E-state index contributed by atoms with van der Waals surface area (Å²) in [7, 11) is -2.48. The summed E-state index contributed by atoms with van der Waals surface area (Å²) in [6.45, 7) is 1.84. The van der Waals surface area contributed by atoms with Gasteiger partial charge in [-0.05, 0) is 0 Å². The topological polar surface area (TPSA) is 37.3 Å². The van der Waals surface area contributed by atoms with E-state index < -0.39 is 7.14 Å². The van der Waals surface area contributed by atoms with E-state index >= 15 is 0 Å². The molecule has 1 atom stereocenters. The van der Waals surface area contributed by atoms with Gasteiger partial charge in [-0.15, -0.1) is 0 Å². The van der Waals surface area contributed by atoms with E-state index in [9.17, 15) is 4.57 Å². The van der Waals surface area contributed by atoms with Crippen LogP contribution in [0.2, 0.25) is 0 Å². The molecule has 1 unspecified atom stereocenters. The van der Waals surface area contributed by atoms with Crippen molar-refractivity contribution in [3.05, 3.63) is 30.3 Å². The summed E-state index contributed by atoms with van der Waals surface area (Å²) < 4.78 is 11.9. The van der Waals surface area contributed by atoms with Crippen molar-refractivity contribution in [1.82, 2.24) is 0 Å². The monoisotopic (exact) mass is 184 g/mol. The summed E-state index contributed by atoms with van der Waals surface area (Å²) >= 11 is 0. The van der Waals surface area contributed by atoms with Gasteiger partial charge < -0.3 is 9.67 Å². The van der Waals surface area contributed by atoms with Gasteiger partial charge in [-0.3, -0.25) is 0 Å². The summed E-state index contributed by atoms with van der Waals surface area (Å²) in [4.78, 5) is 0. The van der Waals surface area contributed by atoms with Crippen molar-refractivity contribution >= 4 is 12.4 Å². The highest BCUT2D eigenvalue weighted by molar-refractivity contribution is 7.71. The smallest absolute Gasteiger partial charge is 0.139 e. The molecule has 0 spiro atoms. The van der Waals surface area contributed by atoms with Gasteiger partial charge >= 0.3 is 0 Å². The van der Waals surface area contributed by atoms with Gasteiger partial charge in [0.15, 0.2) is 0 Å². The van der Waals surface area contributed by atoms with Crippen LogP contribution >= 0.6 is 7.14 Å². The highest BCUT2D eigenvalue weighted by Gasteiger charge is 2.19. The first-order chi connectivity index (χ1) is 5.73. The van der Waals surface area contributed by atoms with Crippen molar-refractivity contribution in [2.24, 2.45) is 0 Å². The molecule has 0 saturated heterocycles. The molecule has 0 amide bonds. The average Bonchev–Trinajstić information content (AvgIpc) is 2.18. The number of aliphatic hydroxyl groups is 1. The van der Waals surface area contributed by atoms with Gasteiger partial charge in [0.05, 0.1) is 0 Å². The lowest BCUT2D eigenvalue weighted by Gasteiger charge is -2.12. The van der Waals surface area contributed by atoms with Gasteiger partial charge in [-0.25, -0.2) is 0 Å². The first-order valence-corrected chi connectivity index (χ1v) is 6.05. The van der Waals surface area contributed by atoms with Crippen LogP contribution in [0.25, 0.3) is 0 Å². The van der Waals surface area contributed by atoms with E-state index in [1.165, 1.54) is 0 Å². The Morgan fingerprint density at radius 1 is 1.33 bits per heavy atom. The molecule has 0 heterocycles. The van der Waals surface area contributed by atoms with E-state index in [1.54, 1.807) is 12.1 Å². The number of aliphatic hydroxyl groups excluding tert-OH is 1. The van der Waals surface area contributed by atoms with Crippen molar-refractivity contribution in [2.75, 3.05) is 12.5 Å². The third-order valence-corrected chi connectivity index (χ3v) is 4.68. The fraction of sp³-hybridized carbons (Fsp3) is 0.333. The molecule has 0 aliphatic carbocycles. The minimum atomic E-state index is -2.48. The third kappa shape index (κ3) is 1.77. The van der Waals surface area contributed by atoms with Gasteiger partial charge in [-0.1, -0.05) is 37.3 Å². The van der Waals surface area contributed by atoms with Crippen molar-refractivity contribution in [3.63, 3.8) is 0 Å². The molecule has 0 fully saturated rings. The average molecular weight is 184 g/mol. The van der Waals surface area contributed by atoms with E-state index in [0.29, 0.717) is 6.16 Å². The molecular weight excluding hydrogens is 171 g/mol. The molecule has 1 rings (SSSR count). The summed E-state index contributed by atoms with van der Waals surface area (Å²) in [5, 5.41) is 9.75. The van der Waals surface area contributed by atoms with Crippen LogP contribution in [0, 0.1) is 0 Å². The summed E-state index contributed by atoms with van der Waals surface area (Å²) in [6.07, 6.45) is 0.293. The quantitative estimate of drug-likeness (QED) is 0.725. The SMILES string of the molecule is CCP(=O)(CO)c1ccccc1. The van der Waals surface area contributed by atoms with Gasteiger partial charge in [-0.2, -0.15) is 0 Å².